The highest BCUT2D eigenvalue weighted by atomic mass is 32.2. The largest absolute Gasteiger partial charge is 0.376 e. The van der Waals surface area contributed by atoms with Crippen molar-refractivity contribution in [3.63, 3.8) is 0 Å². The first-order valence-corrected chi connectivity index (χ1v) is 10.6. The van der Waals surface area contributed by atoms with Gasteiger partial charge >= 0.3 is 0 Å². The van der Waals surface area contributed by atoms with Gasteiger partial charge in [-0.3, -0.25) is 4.79 Å². The van der Waals surface area contributed by atoms with Gasteiger partial charge in [-0.25, -0.2) is 13.4 Å². The van der Waals surface area contributed by atoms with Crippen molar-refractivity contribution >= 4 is 37.9 Å². The van der Waals surface area contributed by atoms with Crippen molar-refractivity contribution in [3.05, 3.63) is 35.3 Å². The van der Waals surface area contributed by atoms with Gasteiger partial charge in [0.05, 0.1) is 11.0 Å². The molecule has 9 heteroatoms. The first-order valence-electron chi connectivity index (χ1n) is 7.84. The molecule has 1 aromatic carbocycles. The topological polar surface area (TPSA) is 97.4 Å². The molecule has 7 nitrogen and oxygen atoms in total. The molecule has 1 fully saturated rings. The zero-order valence-corrected chi connectivity index (χ0v) is 15.3. The fourth-order valence-corrected chi connectivity index (χ4v) is 3.79. The molecule has 0 radical (unpaired) electrons. The Balaban J connectivity index is 1.58. The van der Waals surface area contributed by atoms with Crippen LogP contribution in [0.2, 0.25) is 0 Å². The Kier molecular flexibility index (Phi) is 5.36. The zero-order valence-electron chi connectivity index (χ0n) is 13.7. The first kappa shape index (κ1) is 17.8. The van der Waals surface area contributed by atoms with Gasteiger partial charge in [-0.05, 0) is 37.1 Å². The van der Waals surface area contributed by atoms with Crippen molar-refractivity contribution in [3.8, 4) is 0 Å². The summed E-state index contributed by atoms with van der Waals surface area (Å²) in [6.07, 6.45) is 3.25. The summed E-state index contributed by atoms with van der Waals surface area (Å²) in [5.74, 6) is -0.229. The van der Waals surface area contributed by atoms with Crippen molar-refractivity contribution < 1.29 is 17.9 Å². The van der Waals surface area contributed by atoms with E-state index in [1.165, 1.54) is 23.5 Å². The normalized spacial score (nSPS) is 17.4. The number of aromatic nitrogens is 1. The standard InChI is InChI=1S/C16H19N3O4S2/c1-25(21,22)13-6-4-11(5-7-13)18-16-19-14(10-24-16)15(20)17-9-12-3-2-8-23-12/h4-7,10,12H,2-3,8-9H2,1H3,(H,17,20)(H,18,19)/t12-/m0/s1. The summed E-state index contributed by atoms with van der Waals surface area (Å²) in [5, 5.41) is 8.13. The van der Waals surface area contributed by atoms with Crippen LogP contribution in [0.15, 0.2) is 34.5 Å². The number of benzene rings is 1. The molecule has 1 aliphatic heterocycles. The Morgan fingerprint density at radius 2 is 2.12 bits per heavy atom. The molecular weight excluding hydrogens is 362 g/mol. The average molecular weight is 381 g/mol. The highest BCUT2D eigenvalue weighted by molar-refractivity contribution is 7.90. The lowest BCUT2D eigenvalue weighted by Gasteiger charge is -2.09. The van der Waals surface area contributed by atoms with Crippen molar-refractivity contribution in [1.82, 2.24) is 10.3 Å². The lowest BCUT2D eigenvalue weighted by molar-refractivity contribution is 0.0854. The van der Waals surface area contributed by atoms with E-state index in [4.69, 9.17) is 4.74 Å². The second-order valence-corrected chi connectivity index (χ2v) is 8.68. The number of rotatable bonds is 6. The Bertz CT molecular complexity index is 841. The van der Waals surface area contributed by atoms with E-state index in [9.17, 15) is 13.2 Å². The van der Waals surface area contributed by atoms with Gasteiger partial charge in [-0.1, -0.05) is 0 Å². The summed E-state index contributed by atoms with van der Waals surface area (Å²) in [6, 6.07) is 6.38. The summed E-state index contributed by atoms with van der Waals surface area (Å²) < 4.78 is 28.4. The van der Waals surface area contributed by atoms with Gasteiger partial charge in [0, 0.05) is 30.5 Å². The maximum absolute atomic E-state index is 12.1. The van der Waals surface area contributed by atoms with Gasteiger partial charge in [-0.15, -0.1) is 11.3 Å². The van der Waals surface area contributed by atoms with E-state index in [1.807, 2.05) is 0 Å². The molecule has 134 valence electrons. The van der Waals surface area contributed by atoms with Gasteiger partial charge in [0.15, 0.2) is 15.0 Å². The van der Waals surface area contributed by atoms with Crippen LogP contribution in [0.3, 0.4) is 0 Å². The van der Waals surface area contributed by atoms with E-state index in [-0.39, 0.29) is 16.9 Å². The fraction of sp³-hybridized carbons (Fsp3) is 0.375. The molecule has 0 unspecified atom stereocenters. The van der Waals surface area contributed by atoms with Crippen LogP contribution in [0.5, 0.6) is 0 Å². The molecule has 1 saturated heterocycles. The molecule has 0 saturated carbocycles. The van der Waals surface area contributed by atoms with Crippen LogP contribution in [0.1, 0.15) is 23.3 Å². The first-order chi connectivity index (χ1) is 11.9. The minimum Gasteiger partial charge on any atom is -0.376 e. The molecule has 1 aromatic heterocycles. The molecule has 3 rings (SSSR count). The monoisotopic (exact) mass is 381 g/mol. The quantitative estimate of drug-likeness (QED) is 0.796. The molecule has 0 spiro atoms. The smallest absolute Gasteiger partial charge is 0.270 e. The van der Waals surface area contributed by atoms with Crippen LogP contribution in [-0.4, -0.2) is 44.8 Å². The summed E-state index contributed by atoms with van der Waals surface area (Å²) in [6.45, 7) is 1.25. The Morgan fingerprint density at radius 1 is 1.36 bits per heavy atom. The lowest BCUT2D eigenvalue weighted by Crippen LogP contribution is -2.31. The Morgan fingerprint density at radius 3 is 2.76 bits per heavy atom. The lowest BCUT2D eigenvalue weighted by atomic mass is 10.2. The predicted octanol–water partition coefficient (Wildman–Crippen LogP) is 2.20. The highest BCUT2D eigenvalue weighted by Crippen LogP contribution is 2.22. The van der Waals surface area contributed by atoms with Gasteiger partial charge in [0.25, 0.3) is 5.91 Å². The SMILES string of the molecule is CS(=O)(=O)c1ccc(Nc2nc(C(=O)NC[C@@H]3CCCO3)cs2)cc1. The number of sulfone groups is 1. The molecule has 1 amide bonds. The number of anilines is 2. The summed E-state index contributed by atoms with van der Waals surface area (Å²) in [4.78, 5) is 16.6. The van der Waals surface area contributed by atoms with E-state index in [0.717, 1.165) is 25.7 Å². The predicted molar refractivity (Wildman–Crippen MR) is 96.3 cm³/mol. The third-order valence-electron chi connectivity index (χ3n) is 3.78. The third-order valence-corrected chi connectivity index (χ3v) is 5.67. The summed E-state index contributed by atoms with van der Waals surface area (Å²) in [7, 11) is -3.22. The maximum atomic E-state index is 12.1. The highest BCUT2D eigenvalue weighted by Gasteiger charge is 2.18. The van der Waals surface area contributed by atoms with Gasteiger partial charge < -0.3 is 15.4 Å². The number of carbonyl (C=O) groups excluding carboxylic acids is 1. The number of thiazole rings is 1. The van der Waals surface area contributed by atoms with E-state index in [2.05, 4.69) is 15.6 Å². The number of nitrogens with zero attached hydrogens (tertiary/aromatic N) is 1. The zero-order chi connectivity index (χ0) is 17.9. The summed E-state index contributed by atoms with van der Waals surface area (Å²) >= 11 is 1.31. The minimum atomic E-state index is -3.22. The molecule has 2 N–H and O–H groups in total. The fourth-order valence-electron chi connectivity index (χ4n) is 2.45. The summed E-state index contributed by atoms with van der Waals surface area (Å²) in [5.41, 5.74) is 1.05. The maximum Gasteiger partial charge on any atom is 0.270 e. The van der Waals surface area contributed by atoms with E-state index in [0.29, 0.717) is 23.1 Å². The van der Waals surface area contributed by atoms with Crippen LogP contribution in [0, 0.1) is 0 Å². The number of nitrogens with one attached hydrogen (secondary N) is 2. The number of amides is 1. The van der Waals surface area contributed by atoms with Crippen molar-refractivity contribution in [2.75, 3.05) is 24.7 Å². The van der Waals surface area contributed by atoms with Gasteiger partial charge in [0.1, 0.15) is 5.69 Å². The van der Waals surface area contributed by atoms with Gasteiger partial charge in [0.2, 0.25) is 0 Å². The second kappa shape index (κ2) is 7.51. The molecular formula is C16H19N3O4S2. The molecule has 1 aliphatic rings. The average Bonchev–Trinajstić information content (AvgIpc) is 3.24. The third kappa shape index (κ3) is 4.77. The second-order valence-electron chi connectivity index (χ2n) is 5.80. The number of carbonyl (C=O) groups is 1. The number of ether oxygens (including phenoxy) is 1. The molecule has 0 bridgehead atoms. The van der Waals surface area contributed by atoms with Crippen molar-refractivity contribution in [2.24, 2.45) is 0 Å². The minimum absolute atomic E-state index is 0.0912. The van der Waals surface area contributed by atoms with E-state index >= 15 is 0 Å². The van der Waals surface area contributed by atoms with Crippen LogP contribution in [-0.2, 0) is 14.6 Å². The van der Waals surface area contributed by atoms with Crippen LogP contribution in [0.25, 0.3) is 0 Å². The van der Waals surface area contributed by atoms with Crippen LogP contribution in [0.4, 0.5) is 10.8 Å². The molecule has 2 aromatic rings. The molecule has 0 aliphatic carbocycles. The molecule has 25 heavy (non-hydrogen) atoms. The number of hydrogen-bond donors (Lipinski definition) is 2. The van der Waals surface area contributed by atoms with E-state index in [1.54, 1.807) is 17.5 Å². The number of hydrogen-bond acceptors (Lipinski definition) is 7. The Hall–Kier alpha value is -1.97. The Labute approximate surface area is 150 Å². The molecule has 2 heterocycles. The van der Waals surface area contributed by atoms with Crippen molar-refractivity contribution in [2.45, 2.75) is 23.8 Å². The molecule has 1 atom stereocenters. The van der Waals surface area contributed by atoms with Crippen LogP contribution < -0.4 is 10.6 Å². The van der Waals surface area contributed by atoms with Crippen molar-refractivity contribution in [1.29, 1.82) is 0 Å². The van der Waals surface area contributed by atoms with Gasteiger partial charge in [-0.2, -0.15) is 0 Å². The van der Waals surface area contributed by atoms with Crippen LogP contribution >= 0.6 is 11.3 Å². The van der Waals surface area contributed by atoms with E-state index < -0.39 is 9.84 Å².